The highest BCUT2D eigenvalue weighted by Crippen LogP contribution is 2.32. The van der Waals surface area contributed by atoms with Crippen LogP contribution in [0.5, 0.6) is 5.75 Å². The predicted octanol–water partition coefficient (Wildman–Crippen LogP) is 2.38. The van der Waals surface area contributed by atoms with E-state index in [1.165, 1.54) is 7.11 Å². The Kier molecular flexibility index (Phi) is 4.28. The summed E-state index contributed by atoms with van der Waals surface area (Å²) in [6.07, 6.45) is 0. The first kappa shape index (κ1) is 15.1. The van der Waals surface area contributed by atoms with Gasteiger partial charge in [-0.15, -0.1) is 0 Å². The number of hydrogen-bond acceptors (Lipinski definition) is 4. The number of ether oxygens (including phenoxy) is 2. The Morgan fingerprint density at radius 3 is 2.57 bits per heavy atom. The van der Waals surface area contributed by atoms with Gasteiger partial charge in [-0.25, -0.2) is 4.79 Å². The highest BCUT2D eigenvalue weighted by Gasteiger charge is 2.24. The molecule has 0 saturated heterocycles. The molecule has 0 spiro atoms. The molecule has 2 aromatic carbocycles. The Morgan fingerprint density at radius 1 is 1.13 bits per heavy atom. The van der Waals surface area contributed by atoms with Gasteiger partial charge in [0, 0.05) is 23.6 Å². The molecule has 2 aromatic rings. The molecule has 1 amide bonds. The van der Waals surface area contributed by atoms with Gasteiger partial charge < -0.3 is 14.8 Å². The molecule has 3 rings (SSSR count). The Morgan fingerprint density at radius 2 is 1.83 bits per heavy atom. The number of methoxy groups -OCH3 is 1. The molecule has 1 atom stereocenters. The third kappa shape index (κ3) is 3.18. The second-order valence-electron chi connectivity index (χ2n) is 5.32. The van der Waals surface area contributed by atoms with Crippen LogP contribution in [0.25, 0.3) is 0 Å². The fourth-order valence-electron chi connectivity index (χ4n) is 2.59. The lowest BCUT2D eigenvalue weighted by atomic mass is 10.0. The minimum atomic E-state index is -0.420. The molecule has 23 heavy (non-hydrogen) atoms. The molecule has 118 valence electrons. The molecular formula is C18H17NO4. The van der Waals surface area contributed by atoms with Crippen LogP contribution in [0.2, 0.25) is 0 Å². The number of esters is 1. The average Bonchev–Trinajstić information content (AvgIpc) is 3.02. The number of fused-ring (bicyclic) bond motifs is 1. The van der Waals surface area contributed by atoms with E-state index in [0.29, 0.717) is 24.3 Å². The number of hydrogen-bond donors (Lipinski definition) is 1. The Hall–Kier alpha value is -2.82. The Balaban J connectivity index is 1.61. The number of amides is 1. The van der Waals surface area contributed by atoms with Gasteiger partial charge in [-0.1, -0.05) is 18.2 Å². The number of rotatable bonds is 4. The summed E-state index contributed by atoms with van der Waals surface area (Å²) in [6, 6.07) is 14.2. The minimum absolute atomic E-state index is 0.157. The van der Waals surface area contributed by atoms with Crippen molar-refractivity contribution >= 4 is 11.9 Å². The normalized spacial score (nSPS) is 15.4. The molecule has 1 heterocycles. The Bertz CT molecular complexity index is 724. The predicted molar refractivity (Wildman–Crippen MR) is 84.8 cm³/mol. The quantitative estimate of drug-likeness (QED) is 0.881. The highest BCUT2D eigenvalue weighted by atomic mass is 16.5. The number of benzene rings is 2. The summed E-state index contributed by atoms with van der Waals surface area (Å²) in [4.78, 5) is 23.6. The van der Waals surface area contributed by atoms with Crippen molar-refractivity contribution in [1.82, 2.24) is 5.32 Å². The van der Waals surface area contributed by atoms with E-state index >= 15 is 0 Å². The first-order chi connectivity index (χ1) is 11.2. The summed E-state index contributed by atoms with van der Waals surface area (Å²) >= 11 is 0. The van der Waals surface area contributed by atoms with Crippen LogP contribution >= 0.6 is 0 Å². The van der Waals surface area contributed by atoms with Crippen molar-refractivity contribution in [1.29, 1.82) is 0 Å². The number of carbonyl (C=O) groups is 2. The van der Waals surface area contributed by atoms with Crippen molar-refractivity contribution in [2.75, 3.05) is 20.3 Å². The molecule has 1 unspecified atom stereocenters. The zero-order chi connectivity index (χ0) is 16.2. The maximum Gasteiger partial charge on any atom is 0.337 e. The van der Waals surface area contributed by atoms with Crippen LogP contribution in [-0.4, -0.2) is 32.1 Å². The lowest BCUT2D eigenvalue weighted by Crippen LogP contribution is -2.29. The minimum Gasteiger partial charge on any atom is -0.493 e. The van der Waals surface area contributed by atoms with E-state index in [4.69, 9.17) is 4.74 Å². The van der Waals surface area contributed by atoms with Gasteiger partial charge >= 0.3 is 5.97 Å². The van der Waals surface area contributed by atoms with Gasteiger partial charge in [0.05, 0.1) is 19.3 Å². The molecule has 1 N–H and O–H groups in total. The number of carbonyl (C=O) groups excluding carboxylic acids is 2. The van der Waals surface area contributed by atoms with E-state index < -0.39 is 5.97 Å². The topological polar surface area (TPSA) is 64.6 Å². The van der Waals surface area contributed by atoms with E-state index in [-0.39, 0.29) is 11.8 Å². The van der Waals surface area contributed by atoms with Crippen LogP contribution in [0.1, 0.15) is 32.2 Å². The first-order valence-corrected chi connectivity index (χ1v) is 7.37. The number of para-hydroxylation sites is 1. The zero-order valence-corrected chi connectivity index (χ0v) is 12.7. The van der Waals surface area contributed by atoms with Gasteiger partial charge in [0.1, 0.15) is 5.75 Å². The van der Waals surface area contributed by atoms with E-state index in [0.717, 1.165) is 11.3 Å². The zero-order valence-electron chi connectivity index (χ0n) is 12.7. The van der Waals surface area contributed by atoms with E-state index in [2.05, 4.69) is 10.1 Å². The van der Waals surface area contributed by atoms with E-state index in [1.807, 2.05) is 24.3 Å². The third-order valence-electron chi connectivity index (χ3n) is 3.88. The summed E-state index contributed by atoms with van der Waals surface area (Å²) in [5, 5.41) is 2.91. The van der Waals surface area contributed by atoms with Crippen LogP contribution in [0.4, 0.5) is 0 Å². The van der Waals surface area contributed by atoms with Gasteiger partial charge in [-0.2, -0.15) is 0 Å². The molecule has 5 heteroatoms. The summed E-state index contributed by atoms with van der Waals surface area (Å²) in [5.41, 5.74) is 2.04. The van der Waals surface area contributed by atoms with Crippen LogP contribution in [0.3, 0.4) is 0 Å². The SMILES string of the molecule is COC(=O)c1ccc(C(=O)NCC2COc3ccccc32)cc1. The second-order valence-corrected chi connectivity index (χ2v) is 5.32. The van der Waals surface area contributed by atoms with Crippen molar-refractivity contribution in [3.63, 3.8) is 0 Å². The monoisotopic (exact) mass is 311 g/mol. The van der Waals surface area contributed by atoms with Crippen molar-refractivity contribution < 1.29 is 19.1 Å². The molecule has 0 radical (unpaired) electrons. The van der Waals surface area contributed by atoms with Crippen LogP contribution in [-0.2, 0) is 4.74 Å². The summed E-state index contributed by atoms with van der Waals surface area (Å²) in [5.74, 6) is 0.445. The van der Waals surface area contributed by atoms with Crippen molar-refractivity contribution in [3.8, 4) is 5.75 Å². The molecular weight excluding hydrogens is 294 g/mol. The van der Waals surface area contributed by atoms with Crippen LogP contribution in [0, 0.1) is 0 Å². The number of nitrogens with one attached hydrogen (secondary N) is 1. The van der Waals surface area contributed by atoms with Crippen molar-refractivity contribution in [3.05, 3.63) is 65.2 Å². The molecule has 0 bridgehead atoms. The average molecular weight is 311 g/mol. The molecule has 1 aliphatic heterocycles. The summed E-state index contributed by atoms with van der Waals surface area (Å²) in [7, 11) is 1.32. The van der Waals surface area contributed by atoms with Gasteiger partial charge in [0.25, 0.3) is 5.91 Å². The standard InChI is InChI=1S/C18H17NO4/c1-22-18(21)13-8-6-12(7-9-13)17(20)19-10-14-11-23-16-5-3-2-4-15(14)16/h2-9,14H,10-11H2,1H3,(H,19,20). The highest BCUT2D eigenvalue weighted by molar-refractivity contribution is 5.96. The summed E-state index contributed by atoms with van der Waals surface area (Å²) < 4.78 is 10.2. The molecule has 5 nitrogen and oxygen atoms in total. The fourth-order valence-corrected chi connectivity index (χ4v) is 2.59. The smallest absolute Gasteiger partial charge is 0.337 e. The van der Waals surface area contributed by atoms with Crippen molar-refractivity contribution in [2.45, 2.75) is 5.92 Å². The second kappa shape index (κ2) is 6.52. The first-order valence-electron chi connectivity index (χ1n) is 7.37. The van der Waals surface area contributed by atoms with Gasteiger partial charge in [0.2, 0.25) is 0 Å². The molecule has 0 saturated carbocycles. The van der Waals surface area contributed by atoms with Crippen LogP contribution in [0.15, 0.2) is 48.5 Å². The van der Waals surface area contributed by atoms with Gasteiger partial charge in [-0.3, -0.25) is 4.79 Å². The van der Waals surface area contributed by atoms with Crippen LogP contribution < -0.4 is 10.1 Å². The largest absolute Gasteiger partial charge is 0.493 e. The molecule has 0 fully saturated rings. The lowest BCUT2D eigenvalue weighted by Gasteiger charge is -2.11. The van der Waals surface area contributed by atoms with E-state index in [9.17, 15) is 9.59 Å². The Labute approximate surface area is 134 Å². The molecule has 0 aromatic heterocycles. The maximum absolute atomic E-state index is 12.2. The molecule has 1 aliphatic rings. The third-order valence-corrected chi connectivity index (χ3v) is 3.88. The summed E-state index contributed by atoms with van der Waals surface area (Å²) in [6.45, 7) is 1.08. The molecule has 0 aliphatic carbocycles. The van der Waals surface area contributed by atoms with Crippen molar-refractivity contribution in [2.24, 2.45) is 0 Å². The fraction of sp³-hybridized carbons (Fsp3) is 0.222. The lowest BCUT2D eigenvalue weighted by molar-refractivity contribution is 0.0600. The maximum atomic E-state index is 12.2. The van der Waals surface area contributed by atoms with Gasteiger partial charge in [0.15, 0.2) is 0 Å². The van der Waals surface area contributed by atoms with E-state index in [1.54, 1.807) is 24.3 Å². The van der Waals surface area contributed by atoms with Gasteiger partial charge in [-0.05, 0) is 30.3 Å².